The highest BCUT2D eigenvalue weighted by Gasteiger charge is 2.16. The third-order valence-electron chi connectivity index (χ3n) is 5.06. The fourth-order valence-corrected chi connectivity index (χ4v) is 3.76. The molecule has 0 aliphatic carbocycles. The van der Waals surface area contributed by atoms with Crippen molar-refractivity contribution in [3.05, 3.63) is 59.2 Å². The molecule has 0 atom stereocenters. The number of anilines is 5. The summed E-state index contributed by atoms with van der Waals surface area (Å²) in [6.45, 7) is 3.95. The third kappa shape index (κ3) is 5.39. The molecule has 1 saturated heterocycles. The third-order valence-corrected chi connectivity index (χ3v) is 5.35. The fourth-order valence-electron chi connectivity index (χ4n) is 3.50. The van der Waals surface area contributed by atoms with Crippen molar-refractivity contribution in [2.24, 2.45) is 0 Å². The monoisotopic (exact) mass is 452 g/mol. The molecular weight excluding hydrogens is 428 g/mol. The van der Waals surface area contributed by atoms with Gasteiger partial charge >= 0.3 is 6.03 Å². The highest BCUT2D eigenvalue weighted by Crippen LogP contribution is 2.27. The molecule has 166 valence electrons. The van der Waals surface area contributed by atoms with Crippen LogP contribution in [0.25, 0.3) is 0 Å². The van der Waals surface area contributed by atoms with E-state index in [-0.39, 0.29) is 6.03 Å². The van der Waals surface area contributed by atoms with Crippen molar-refractivity contribution in [1.82, 2.24) is 9.97 Å². The number of ether oxygens (including phenoxy) is 1. The smallest absolute Gasteiger partial charge is 0.323 e. The summed E-state index contributed by atoms with van der Waals surface area (Å²) in [6, 6.07) is 14.0. The van der Waals surface area contributed by atoms with Crippen LogP contribution in [-0.4, -0.2) is 36.2 Å². The van der Waals surface area contributed by atoms with E-state index in [1.165, 1.54) is 20.0 Å². The first-order valence-corrected chi connectivity index (χ1v) is 10.8. The number of hydrogen-bond acceptors (Lipinski definition) is 6. The maximum Gasteiger partial charge on any atom is 0.323 e. The van der Waals surface area contributed by atoms with Crippen molar-refractivity contribution >= 4 is 46.5 Å². The van der Waals surface area contributed by atoms with E-state index in [4.69, 9.17) is 16.3 Å². The van der Waals surface area contributed by atoms with E-state index < -0.39 is 0 Å². The Morgan fingerprint density at radius 1 is 0.969 bits per heavy atom. The van der Waals surface area contributed by atoms with E-state index in [0.717, 1.165) is 36.2 Å². The molecule has 2 amide bonds. The second kappa shape index (κ2) is 9.74. The highest BCUT2D eigenvalue weighted by molar-refractivity contribution is 6.32. The molecule has 3 N–H and O–H groups in total. The Morgan fingerprint density at radius 2 is 1.62 bits per heavy atom. The Balaban J connectivity index is 1.37. The second-order valence-electron chi connectivity index (χ2n) is 7.52. The summed E-state index contributed by atoms with van der Waals surface area (Å²) < 4.78 is 5.12. The van der Waals surface area contributed by atoms with E-state index in [0.29, 0.717) is 22.1 Å². The van der Waals surface area contributed by atoms with Gasteiger partial charge in [0.05, 0.1) is 12.1 Å². The van der Waals surface area contributed by atoms with E-state index in [9.17, 15) is 4.79 Å². The number of carbonyl (C=O) groups is 1. The summed E-state index contributed by atoms with van der Waals surface area (Å²) in [6.07, 6.45) is 2.35. The van der Waals surface area contributed by atoms with E-state index >= 15 is 0 Å². The predicted molar refractivity (Wildman–Crippen MR) is 129 cm³/mol. The average Bonchev–Trinajstić information content (AvgIpc) is 3.30. The lowest BCUT2D eigenvalue weighted by Gasteiger charge is -2.17. The number of aromatic nitrogens is 2. The molecule has 9 heteroatoms. The highest BCUT2D eigenvalue weighted by atomic mass is 35.5. The van der Waals surface area contributed by atoms with Crippen LogP contribution in [0.15, 0.2) is 48.5 Å². The van der Waals surface area contributed by atoms with Gasteiger partial charge in [0.15, 0.2) is 0 Å². The lowest BCUT2D eigenvalue weighted by atomic mass is 10.2. The number of hydrogen-bond donors (Lipinski definition) is 3. The molecule has 2 heterocycles. The summed E-state index contributed by atoms with van der Waals surface area (Å²) in [4.78, 5) is 23.7. The first-order chi connectivity index (χ1) is 15.5. The molecule has 1 aliphatic heterocycles. The van der Waals surface area contributed by atoms with Crippen LogP contribution in [0.3, 0.4) is 0 Å². The Labute approximate surface area is 192 Å². The molecule has 0 bridgehead atoms. The largest absolute Gasteiger partial charge is 0.495 e. The first kappa shape index (κ1) is 21.7. The maximum absolute atomic E-state index is 12.3. The van der Waals surface area contributed by atoms with Crippen LogP contribution < -0.4 is 25.6 Å². The lowest BCUT2D eigenvalue weighted by molar-refractivity contribution is 0.262. The number of nitrogens with zero attached hydrogens (tertiary/aromatic N) is 3. The van der Waals surface area contributed by atoms with Crippen LogP contribution in [0.4, 0.5) is 33.6 Å². The Kier molecular flexibility index (Phi) is 6.61. The Hall–Kier alpha value is -3.52. The van der Waals surface area contributed by atoms with E-state index in [1.807, 2.05) is 37.3 Å². The predicted octanol–water partition coefficient (Wildman–Crippen LogP) is 5.43. The number of benzene rings is 2. The van der Waals surface area contributed by atoms with Gasteiger partial charge in [-0.25, -0.2) is 9.78 Å². The van der Waals surface area contributed by atoms with Crippen LogP contribution in [0, 0.1) is 6.92 Å². The van der Waals surface area contributed by atoms with Gasteiger partial charge in [-0.05, 0) is 62.2 Å². The molecule has 0 radical (unpaired) electrons. The average molecular weight is 453 g/mol. The molecule has 0 saturated carbocycles. The minimum atomic E-state index is -0.367. The lowest BCUT2D eigenvalue weighted by Crippen LogP contribution is -2.21. The molecule has 0 unspecified atom stereocenters. The fraction of sp³-hybridized carbons (Fsp3) is 0.261. The van der Waals surface area contributed by atoms with Crippen LogP contribution in [0.5, 0.6) is 5.75 Å². The zero-order valence-corrected chi connectivity index (χ0v) is 18.7. The number of methoxy groups -OCH3 is 1. The number of carbonyl (C=O) groups excluding carboxylic acids is 1. The first-order valence-electron chi connectivity index (χ1n) is 10.4. The summed E-state index contributed by atoms with van der Waals surface area (Å²) in [7, 11) is 1.54. The van der Waals surface area contributed by atoms with Crippen molar-refractivity contribution < 1.29 is 9.53 Å². The molecule has 1 aliphatic rings. The van der Waals surface area contributed by atoms with Gasteiger partial charge in [0, 0.05) is 41.9 Å². The number of urea groups is 1. The van der Waals surface area contributed by atoms with Crippen molar-refractivity contribution in [2.45, 2.75) is 19.8 Å². The molecule has 2 aromatic carbocycles. The van der Waals surface area contributed by atoms with Gasteiger partial charge in [-0.1, -0.05) is 11.6 Å². The molecule has 32 heavy (non-hydrogen) atoms. The molecule has 1 aromatic heterocycles. The minimum absolute atomic E-state index is 0.367. The van der Waals surface area contributed by atoms with Crippen molar-refractivity contribution in [3.63, 3.8) is 0 Å². The van der Waals surface area contributed by atoms with Gasteiger partial charge in [0.1, 0.15) is 11.6 Å². The molecule has 0 spiro atoms. The number of nitrogens with one attached hydrogen (secondary N) is 3. The number of aryl methyl sites for hydroxylation is 1. The summed E-state index contributed by atoms with van der Waals surface area (Å²) >= 11 is 6.10. The van der Waals surface area contributed by atoms with Gasteiger partial charge in [0.2, 0.25) is 5.95 Å². The van der Waals surface area contributed by atoms with Crippen LogP contribution in [0.1, 0.15) is 18.5 Å². The molecular formula is C23H25ClN6O2. The zero-order valence-electron chi connectivity index (χ0n) is 18.0. The molecule has 4 rings (SSSR count). The zero-order chi connectivity index (χ0) is 22.5. The number of rotatable bonds is 6. The maximum atomic E-state index is 12.3. The normalized spacial score (nSPS) is 13.0. The summed E-state index contributed by atoms with van der Waals surface area (Å²) in [5.74, 6) is 2.06. The molecule has 1 fully saturated rings. The quantitative estimate of drug-likeness (QED) is 0.461. The van der Waals surface area contributed by atoms with Gasteiger partial charge in [-0.15, -0.1) is 0 Å². The molecule has 3 aromatic rings. The summed E-state index contributed by atoms with van der Waals surface area (Å²) in [5, 5.41) is 9.29. The molecule has 8 nitrogen and oxygen atoms in total. The van der Waals surface area contributed by atoms with Gasteiger partial charge in [0.25, 0.3) is 0 Å². The second-order valence-corrected chi connectivity index (χ2v) is 7.93. The topological polar surface area (TPSA) is 91.4 Å². The van der Waals surface area contributed by atoms with Crippen molar-refractivity contribution in [2.75, 3.05) is 41.0 Å². The van der Waals surface area contributed by atoms with Crippen molar-refractivity contribution in [1.29, 1.82) is 0 Å². The summed E-state index contributed by atoms with van der Waals surface area (Å²) in [5.41, 5.74) is 3.00. The standard InChI is InChI=1S/C23H25ClN6O2/c1-15-13-21(29-22(25-15)30-11-3-4-12-30)26-16-5-7-17(8-6-16)27-23(31)28-18-9-10-20(32-2)19(24)14-18/h5-10,13-14H,3-4,11-12H2,1-2H3,(H,25,26,29)(H2,27,28,31). The van der Waals surface area contributed by atoms with E-state index in [1.54, 1.807) is 18.2 Å². The van der Waals surface area contributed by atoms with Gasteiger partial charge in [-0.3, -0.25) is 0 Å². The number of amides is 2. The van der Waals surface area contributed by atoms with Gasteiger partial charge < -0.3 is 25.6 Å². The van der Waals surface area contributed by atoms with Crippen LogP contribution in [0.2, 0.25) is 5.02 Å². The Bertz CT molecular complexity index is 1100. The van der Waals surface area contributed by atoms with E-state index in [2.05, 4.69) is 30.8 Å². The van der Waals surface area contributed by atoms with Crippen LogP contribution >= 0.6 is 11.6 Å². The van der Waals surface area contributed by atoms with Gasteiger partial charge in [-0.2, -0.15) is 4.98 Å². The Morgan fingerprint density at radius 3 is 2.31 bits per heavy atom. The number of halogens is 1. The SMILES string of the molecule is COc1ccc(NC(=O)Nc2ccc(Nc3cc(C)nc(N4CCCC4)n3)cc2)cc1Cl. The van der Waals surface area contributed by atoms with Crippen LogP contribution in [-0.2, 0) is 0 Å². The van der Waals surface area contributed by atoms with Crippen molar-refractivity contribution in [3.8, 4) is 5.75 Å². The minimum Gasteiger partial charge on any atom is -0.495 e.